The van der Waals surface area contributed by atoms with Gasteiger partial charge >= 0.3 is 12.1 Å². The summed E-state index contributed by atoms with van der Waals surface area (Å²) in [5, 5.41) is 43.9. The molecule has 14 nitrogen and oxygen atoms in total. The first kappa shape index (κ1) is 23.4. The van der Waals surface area contributed by atoms with Crippen LogP contribution in [0.5, 0.6) is 0 Å². The van der Waals surface area contributed by atoms with Crippen LogP contribution < -0.4 is 10.6 Å². The van der Waals surface area contributed by atoms with Crippen molar-refractivity contribution < 1.29 is 49.1 Å². The van der Waals surface area contributed by atoms with E-state index in [-0.39, 0.29) is 12.8 Å². The predicted molar refractivity (Wildman–Crippen MR) is 107 cm³/mol. The molecule has 0 aromatic carbocycles. The number of nitrogens with one attached hydrogen (secondary N) is 2. The Morgan fingerprint density at radius 2 is 1.15 bits per heavy atom. The molecule has 4 heterocycles. The van der Waals surface area contributed by atoms with Crippen molar-refractivity contribution in [2.75, 3.05) is 13.2 Å². The van der Waals surface area contributed by atoms with Crippen molar-refractivity contribution in [3.05, 3.63) is 0 Å². The molecule has 0 aromatic rings. The lowest BCUT2D eigenvalue weighted by Gasteiger charge is -2.72. The van der Waals surface area contributed by atoms with Crippen LogP contribution in [-0.4, -0.2) is 116 Å². The van der Waals surface area contributed by atoms with Crippen LogP contribution >= 0.6 is 0 Å². The predicted octanol–water partition coefficient (Wildman–Crippen LogP) is -3.21. The highest BCUT2D eigenvalue weighted by molar-refractivity contribution is 6.10. The summed E-state index contributed by atoms with van der Waals surface area (Å²) >= 11 is 0. The number of hydrogen-bond acceptors (Lipinski definition) is 10. The number of ether oxygens (including phenoxy) is 2. The second-order valence-corrected chi connectivity index (χ2v) is 9.86. The van der Waals surface area contributed by atoms with Gasteiger partial charge in [-0.15, -0.1) is 0 Å². The smallest absolute Gasteiger partial charge is 0.326 e. The molecule has 0 spiro atoms. The molecule has 0 unspecified atom stereocenters. The Kier molecular flexibility index (Phi) is 5.21. The van der Waals surface area contributed by atoms with Crippen LogP contribution in [0.1, 0.15) is 26.7 Å². The molecule has 188 valence electrons. The fourth-order valence-corrected chi connectivity index (χ4v) is 6.31. The van der Waals surface area contributed by atoms with Crippen LogP contribution in [0.2, 0.25) is 0 Å². The fraction of sp³-hybridized carbons (Fsp3) is 0.800. The standard InChI is InChI=1S/C20H28N4O10/c1-19-13(23(17(31)21-15(19)29)11-3-7(27)9(5-25)33-11)14-20(19,2)16(30)22-18(32)24(14)12-4-8(28)10(6-26)34-12/h7-14,25-28H,3-6H2,1-2H3,(H,21,29,31)(H,22,30,32)/t7-,8-,9+,10+,11+,12+,13-,14+,19+,20-/m0/s1. The molecule has 1 saturated carbocycles. The molecular weight excluding hydrogens is 456 g/mol. The number of carbonyl (C=O) groups is 4. The van der Waals surface area contributed by atoms with Gasteiger partial charge in [0, 0.05) is 12.8 Å². The summed E-state index contributed by atoms with van der Waals surface area (Å²) in [6.45, 7) is 2.07. The van der Waals surface area contributed by atoms with E-state index in [4.69, 9.17) is 9.47 Å². The lowest BCUT2D eigenvalue weighted by Crippen LogP contribution is -2.92. The van der Waals surface area contributed by atoms with Crippen LogP contribution in [-0.2, 0) is 19.1 Å². The summed E-state index contributed by atoms with van der Waals surface area (Å²) in [6.07, 6.45) is -6.18. The van der Waals surface area contributed by atoms with Gasteiger partial charge in [-0.05, 0) is 13.8 Å². The number of nitrogens with zero attached hydrogens (tertiary/aromatic N) is 2. The van der Waals surface area contributed by atoms with E-state index in [0.29, 0.717) is 0 Å². The minimum absolute atomic E-state index is 0.0474. The summed E-state index contributed by atoms with van der Waals surface area (Å²) in [7, 11) is 0. The minimum Gasteiger partial charge on any atom is -0.394 e. The van der Waals surface area contributed by atoms with Gasteiger partial charge in [-0.3, -0.25) is 30.0 Å². The number of carbonyl (C=O) groups excluding carboxylic acids is 4. The Morgan fingerprint density at radius 1 is 0.794 bits per heavy atom. The van der Waals surface area contributed by atoms with Crippen LogP contribution in [0.25, 0.3) is 0 Å². The maximum absolute atomic E-state index is 13.1. The van der Waals surface area contributed by atoms with Gasteiger partial charge in [0.15, 0.2) is 0 Å². The zero-order valence-corrected chi connectivity index (χ0v) is 18.6. The van der Waals surface area contributed by atoms with E-state index in [1.54, 1.807) is 0 Å². The second kappa shape index (κ2) is 7.57. The summed E-state index contributed by atoms with van der Waals surface area (Å²) in [5.74, 6) is -1.39. The molecule has 1 aliphatic carbocycles. The average Bonchev–Trinajstić information content (AvgIpc) is 3.34. The highest BCUT2D eigenvalue weighted by Gasteiger charge is 2.82. The highest BCUT2D eigenvalue weighted by Crippen LogP contribution is 2.64. The Morgan fingerprint density at radius 3 is 1.44 bits per heavy atom. The molecule has 0 aromatic heterocycles. The number of fused-ring (bicyclic) bond motifs is 4. The molecule has 34 heavy (non-hydrogen) atoms. The van der Waals surface area contributed by atoms with E-state index in [9.17, 15) is 39.6 Å². The second-order valence-electron chi connectivity index (χ2n) is 9.86. The average molecular weight is 484 g/mol. The van der Waals surface area contributed by atoms with Gasteiger partial charge in [0.25, 0.3) is 0 Å². The third kappa shape index (κ3) is 2.71. The summed E-state index contributed by atoms with van der Waals surface area (Å²) < 4.78 is 11.4. The van der Waals surface area contributed by atoms with Crippen molar-refractivity contribution in [2.24, 2.45) is 10.8 Å². The normalized spacial score (nSPS) is 48.3. The SMILES string of the molecule is C[C@]12C(=O)NC(=O)N([C@H]3C[C@H](O)[C@@H](CO)O3)[C@H]1[C@H]1N([C@H]3C[C@H](O)[C@@H](CO)O3)C(=O)NC(=O)[C@]12C. The Hall–Kier alpha value is -2.36. The lowest BCUT2D eigenvalue weighted by molar-refractivity contribution is -0.242. The quantitative estimate of drug-likeness (QED) is 0.236. The van der Waals surface area contributed by atoms with Gasteiger partial charge in [-0.2, -0.15) is 0 Å². The number of imide groups is 2. The number of rotatable bonds is 4. The topological polar surface area (TPSA) is 198 Å². The van der Waals surface area contributed by atoms with Crippen molar-refractivity contribution in [2.45, 2.75) is 75.6 Å². The van der Waals surface area contributed by atoms with Crippen LogP contribution in [0.4, 0.5) is 9.59 Å². The Bertz CT molecular complexity index is 874. The molecule has 14 heteroatoms. The zero-order chi connectivity index (χ0) is 24.7. The van der Waals surface area contributed by atoms with E-state index in [2.05, 4.69) is 10.6 Å². The summed E-state index contributed by atoms with van der Waals surface area (Å²) in [5.41, 5.74) is -2.96. The van der Waals surface area contributed by atoms with Gasteiger partial charge in [0.1, 0.15) is 24.7 Å². The van der Waals surface area contributed by atoms with Crippen molar-refractivity contribution in [1.82, 2.24) is 20.4 Å². The van der Waals surface area contributed by atoms with Crippen molar-refractivity contribution in [3.8, 4) is 0 Å². The van der Waals surface area contributed by atoms with Crippen LogP contribution in [0.15, 0.2) is 0 Å². The third-order valence-electron chi connectivity index (χ3n) is 8.40. The van der Waals surface area contributed by atoms with Crippen molar-refractivity contribution in [3.63, 3.8) is 0 Å². The molecule has 4 saturated heterocycles. The Labute approximate surface area is 193 Å². The largest absolute Gasteiger partial charge is 0.394 e. The monoisotopic (exact) mass is 484 g/mol. The lowest BCUT2D eigenvalue weighted by atomic mass is 9.42. The van der Waals surface area contributed by atoms with Crippen LogP contribution in [0, 0.1) is 10.8 Å². The van der Waals surface area contributed by atoms with E-state index in [1.807, 2.05) is 0 Å². The van der Waals surface area contributed by atoms with E-state index in [1.165, 1.54) is 23.6 Å². The summed E-state index contributed by atoms with van der Waals surface area (Å²) in [6, 6.07) is -3.69. The van der Waals surface area contributed by atoms with E-state index in [0.717, 1.165) is 0 Å². The van der Waals surface area contributed by atoms with Crippen molar-refractivity contribution >= 4 is 23.9 Å². The molecule has 0 radical (unpaired) electrons. The number of aliphatic hydroxyl groups is 4. The number of amides is 6. The third-order valence-corrected chi connectivity index (χ3v) is 8.40. The fourth-order valence-electron chi connectivity index (χ4n) is 6.31. The first-order valence-electron chi connectivity index (χ1n) is 11.2. The van der Waals surface area contributed by atoms with E-state index >= 15 is 0 Å². The Balaban J connectivity index is 1.57. The highest BCUT2D eigenvalue weighted by atomic mass is 16.6. The number of aliphatic hydroxyl groups excluding tert-OH is 4. The molecule has 4 aliphatic heterocycles. The van der Waals surface area contributed by atoms with Gasteiger partial charge in [0.05, 0.1) is 48.3 Å². The van der Waals surface area contributed by atoms with E-state index < -0.39 is 96.9 Å². The molecule has 6 N–H and O–H groups in total. The summed E-state index contributed by atoms with van der Waals surface area (Å²) in [4.78, 5) is 54.7. The molecule has 5 aliphatic rings. The first-order valence-corrected chi connectivity index (χ1v) is 11.2. The van der Waals surface area contributed by atoms with Gasteiger partial charge < -0.3 is 29.9 Å². The maximum atomic E-state index is 13.1. The first-order chi connectivity index (χ1) is 16.0. The molecule has 10 atom stereocenters. The van der Waals surface area contributed by atoms with Gasteiger partial charge in [0.2, 0.25) is 11.8 Å². The molecule has 5 fully saturated rings. The molecular formula is C20H28N4O10. The zero-order valence-electron chi connectivity index (χ0n) is 18.6. The van der Waals surface area contributed by atoms with Gasteiger partial charge in [-0.25, -0.2) is 9.59 Å². The van der Waals surface area contributed by atoms with Crippen LogP contribution in [0.3, 0.4) is 0 Å². The van der Waals surface area contributed by atoms with Gasteiger partial charge in [-0.1, -0.05) is 0 Å². The molecule has 5 rings (SSSR count). The molecule has 0 bridgehead atoms. The number of urea groups is 2. The maximum Gasteiger partial charge on any atom is 0.326 e. The minimum atomic E-state index is -1.48. The molecule has 6 amide bonds. The van der Waals surface area contributed by atoms with Crippen molar-refractivity contribution in [1.29, 1.82) is 0 Å². The number of hydrogen-bond donors (Lipinski definition) is 6.